The first-order chi connectivity index (χ1) is 12.1. The van der Waals surface area contributed by atoms with Crippen molar-refractivity contribution in [3.63, 3.8) is 0 Å². The maximum absolute atomic E-state index is 12.8. The minimum atomic E-state index is -0.716. The average molecular weight is 357 g/mol. The van der Waals surface area contributed by atoms with Crippen LogP contribution in [0.4, 0.5) is 4.79 Å². The van der Waals surface area contributed by atoms with Crippen molar-refractivity contribution < 1.29 is 14.3 Å². The monoisotopic (exact) mass is 357 g/mol. The van der Waals surface area contributed by atoms with E-state index in [-0.39, 0.29) is 12.1 Å². The van der Waals surface area contributed by atoms with Gasteiger partial charge in [0.05, 0.1) is 12.6 Å². The van der Waals surface area contributed by atoms with Gasteiger partial charge >= 0.3 is 6.09 Å². The highest BCUT2D eigenvalue weighted by Gasteiger charge is 2.46. The third-order valence-electron chi connectivity index (χ3n) is 4.46. The van der Waals surface area contributed by atoms with Crippen LogP contribution in [0.1, 0.15) is 52.0 Å². The summed E-state index contributed by atoms with van der Waals surface area (Å²) >= 11 is 0. The normalized spacial score (nSPS) is 19.6. The molecule has 1 saturated heterocycles. The summed E-state index contributed by atoms with van der Waals surface area (Å²) in [4.78, 5) is 18.7. The minimum absolute atomic E-state index is 0.183. The lowest BCUT2D eigenvalue weighted by Crippen LogP contribution is -2.47. The number of imidazole rings is 1. The molecule has 0 radical (unpaired) electrons. The van der Waals surface area contributed by atoms with Crippen molar-refractivity contribution in [2.45, 2.75) is 58.9 Å². The highest BCUT2D eigenvalue weighted by molar-refractivity contribution is 5.70. The van der Waals surface area contributed by atoms with Gasteiger partial charge in [-0.1, -0.05) is 12.1 Å². The van der Waals surface area contributed by atoms with Crippen molar-refractivity contribution in [1.29, 1.82) is 0 Å². The van der Waals surface area contributed by atoms with Crippen LogP contribution in [0, 0.1) is 6.92 Å². The molecule has 2 heterocycles. The first-order valence-electron chi connectivity index (χ1n) is 8.85. The van der Waals surface area contributed by atoms with Crippen LogP contribution in [0.25, 0.3) is 5.69 Å². The van der Waals surface area contributed by atoms with Gasteiger partial charge in [-0.15, -0.1) is 0 Å². The molecule has 6 nitrogen and oxygen atoms in total. The van der Waals surface area contributed by atoms with E-state index in [2.05, 4.69) is 4.98 Å². The van der Waals surface area contributed by atoms with Gasteiger partial charge in [0.15, 0.2) is 0 Å². The molecule has 1 aromatic heterocycles. The van der Waals surface area contributed by atoms with Crippen LogP contribution >= 0.6 is 0 Å². The summed E-state index contributed by atoms with van der Waals surface area (Å²) in [6, 6.07) is 7.94. The molecule has 26 heavy (non-hydrogen) atoms. The lowest BCUT2D eigenvalue weighted by atomic mass is 10.1. The highest BCUT2D eigenvalue weighted by atomic mass is 16.6. The van der Waals surface area contributed by atoms with E-state index in [1.54, 1.807) is 11.1 Å². The molecule has 0 N–H and O–H groups in total. The Morgan fingerprint density at radius 3 is 2.46 bits per heavy atom. The van der Waals surface area contributed by atoms with E-state index >= 15 is 0 Å². The molecule has 1 atom stereocenters. The standard InChI is InChI=1S/C20H27N3O3/c1-14-21-11-12-22(14)16-9-7-15(8-10-16)17-13-25-20(5,6)23(17)18(24)26-19(2,3)4/h7-12,17H,13H2,1-6H3/t17-/m0/s1. The molecule has 1 amide bonds. The fourth-order valence-corrected chi connectivity index (χ4v) is 3.21. The molecular formula is C20H27N3O3. The van der Waals surface area contributed by atoms with Gasteiger partial charge in [-0.3, -0.25) is 4.90 Å². The van der Waals surface area contributed by atoms with Gasteiger partial charge < -0.3 is 14.0 Å². The zero-order valence-corrected chi connectivity index (χ0v) is 16.3. The number of amides is 1. The minimum Gasteiger partial charge on any atom is -0.444 e. The first-order valence-corrected chi connectivity index (χ1v) is 8.85. The van der Waals surface area contributed by atoms with Crippen molar-refractivity contribution in [1.82, 2.24) is 14.5 Å². The van der Waals surface area contributed by atoms with Crippen molar-refractivity contribution in [2.75, 3.05) is 6.61 Å². The van der Waals surface area contributed by atoms with Crippen molar-refractivity contribution >= 4 is 6.09 Å². The van der Waals surface area contributed by atoms with Crippen LogP contribution in [-0.4, -0.2) is 38.5 Å². The van der Waals surface area contributed by atoms with E-state index in [4.69, 9.17) is 9.47 Å². The highest BCUT2D eigenvalue weighted by Crippen LogP contribution is 2.38. The number of aromatic nitrogens is 2. The lowest BCUT2D eigenvalue weighted by molar-refractivity contribution is -0.0626. The summed E-state index contributed by atoms with van der Waals surface area (Å²) in [6.45, 7) is 11.8. The van der Waals surface area contributed by atoms with E-state index < -0.39 is 11.3 Å². The first kappa shape index (κ1) is 18.5. The Morgan fingerprint density at radius 1 is 1.27 bits per heavy atom. The molecular weight excluding hydrogens is 330 g/mol. The third-order valence-corrected chi connectivity index (χ3v) is 4.46. The third kappa shape index (κ3) is 3.60. The van der Waals surface area contributed by atoms with Gasteiger partial charge in [0, 0.05) is 18.1 Å². The van der Waals surface area contributed by atoms with Gasteiger partial charge in [-0.2, -0.15) is 0 Å². The molecule has 6 heteroatoms. The number of aryl methyl sites for hydroxylation is 1. The largest absolute Gasteiger partial charge is 0.444 e. The van der Waals surface area contributed by atoms with E-state index in [1.807, 2.05) is 76.6 Å². The SMILES string of the molecule is Cc1nccn1-c1ccc([C@@H]2COC(C)(C)N2C(=O)OC(C)(C)C)cc1. The molecule has 1 aliphatic heterocycles. The van der Waals surface area contributed by atoms with Crippen LogP contribution in [0.5, 0.6) is 0 Å². The maximum Gasteiger partial charge on any atom is 0.413 e. The Labute approximate surface area is 154 Å². The Kier molecular flexibility index (Phi) is 4.56. The van der Waals surface area contributed by atoms with E-state index in [0.29, 0.717) is 6.61 Å². The smallest absolute Gasteiger partial charge is 0.413 e. The predicted octanol–water partition coefficient (Wildman–Crippen LogP) is 4.23. The number of nitrogens with zero attached hydrogens (tertiary/aromatic N) is 3. The predicted molar refractivity (Wildman–Crippen MR) is 99.1 cm³/mol. The summed E-state index contributed by atoms with van der Waals surface area (Å²) in [6.07, 6.45) is 3.35. The number of rotatable bonds is 2. The van der Waals surface area contributed by atoms with Gasteiger partial charge in [-0.05, 0) is 59.2 Å². The van der Waals surface area contributed by atoms with Crippen LogP contribution in [0.3, 0.4) is 0 Å². The Bertz CT molecular complexity index is 787. The van der Waals surface area contributed by atoms with Crippen LogP contribution in [-0.2, 0) is 9.47 Å². The van der Waals surface area contributed by atoms with Crippen molar-refractivity contribution in [3.05, 3.63) is 48.0 Å². The second-order valence-corrected chi connectivity index (χ2v) is 8.06. The van der Waals surface area contributed by atoms with Gasteiger partial charge in [-0.25, -0.2) is 9.78 Å². The van der Waals surface area contributed by atoms with Gasteiger partial charge in [0.1, 0.15) is 17.2 Å². The summed E-state index contributed by atoms with van der Waals surface area (Å²) in [7, 11) is 0. The van der Waals surface area contributed by atoms with E-state index in [1.165, 1.54) is 0 Å². The number of carbonyl (C=O) groups is 1. The second kappa shape index (κ2) is 6.43. The van der Waals surface area contributed by atoms with E-state index in [0.717, 1.165) is 17.1 Å². The Balaban J connectivity index is 1.87. The van der Waals surface area contributed by atoms with Crippen molar-refractivity contribution in [3.8, 4) is 5.69 Å². The number of benzene rings is 1. The van der Waals surface area contributed by atoms with Gasteiger partial charge in [0.25, 0.3) is 0 Å². The molecule has 1 fully saturated rings. The Hall–Kier alpha value is -2.34. The lowest BCUT2D eigenvalue weighted by Gasteiger charge is -2.35. The van der Waals surface area contributed by atoms with Crippen LogP contribution in [0.15, 0.2) is 36.7 Å². The molecule has 1 aromatic carbocycles. The fourth-order valence-electron chi connectivity index (χ4n) is 3.21. The molecule has 0 aliphatic carbocycles. The average Bonchev–Trinajstić information content (AvgIpc) is 3.08. The zero-order valence-electron chi connectivity index (χ0n) is 16.3. The molecule has 3 rings (SSSR count). The quantitative estimate of drug-likeness (QED) is 0.807. The number of carbonyl (C=O) groups excluding carboxylic acids is 1. The molecule has 140 valence electrons. The molecule has 2 aromatic rings. The number of hydrogen-bond donors (Lipinski definition) is 0. The number of hydrogen-bond acceptors (Lipinski definition) is 4. The summed E-state index contributed by atoms with van der Waals surface area (Å²) < 4.78 is 13.5. The van der Waals surface area contributed by atoms with Crippen LogP contribution < -0.4 is 0 Å². The molecule has 0 bridgehead atoms. The summed E-state index contributed by atoms with van der Waals surface area (Å²) in [5, 5.41) is 0. The van der Waals surface area contributed by atoms with Crippen molar-refractivity contribution in [2.24, 2.45) is 0 Å². The Morgan fingerprint density at radius 2 is 1.92 bits per heavy atom. The fraction of sp³-hybridized carbons (Fsp3) is 0.500. The molecule has 1 aliphatic rings. The molecule has 0 saturated carbocycles. The molecule has 0 spiro atoms. The van der Waals surface area contributed by atoms with E-state index in [9.17, 15) is 4.79 Å². The topological polar surface area (TPSA) is 56.6 Å². The number of ether oxygens (including phenoxy) is 2. The van der Waals surface area contributed by atoms with Gasteiger partial charge in [0.2, 0.25) is 0 Å². The maximum atomic E-state index is 12.8. The summed E-state index contributed by atoms with van der Waals surface area (Å²) in [5.74, 6) is 0.929. The second-order valence-electron chi connectivity index (χ2n) is 8.06. The zero-order chi connectivity index (χ0) is 19.1. The molecule has 0 unspecified atom stereocenters. The summed E-state index contributed by atoms with van der Waals surface area (Å²) in [5.41, 5.74) is 0.782. The van der Waals surface area contributed by atoms with Crippen LogP contribution in [0.2, 0.25) is 0 Å².